The molecule has 0 aromatic carbocycles. The molecule has 2 atom stereocenters. The Kier molecular flexibility index (Phi) is 5.50. The van der Waals surface area contributed by atoms with Crippen LogP contribution in [0.15, 0.2) is 12.7 Å². The molecule has 16 heavy (non-hydrogen) atoms. The number of hydrogen-bond acceptors (Lipinski definition) is 2. The number of likely N-dealkylation sites (N-methyl/N-ethyl adjacent to an activating group) is 1. The first-order valence-corrected chi connectivity index (χ1v) is 6.64. The van der Waals surface area contributed by atoms with Crippen LogP contribution in [0.1, 0.15) is 45.4 Å². The van der Waals surface area contributed by atoms with Crippen molar-refractivity contribution in [3.8, 4) is 0 Å². The summed E-state index contributed by atoms with van der Waals surface area (Å²) in [7, 11) is 2.19. The first-order valence-electron chi connectivity index (χ1n) is 6.64. The van der Waals surface area contributed by atoms with Crippen molar-refractivity contribution in [3.05, 3.63) is 12.7 Å². The average molecular weight is 224 g/mol. The standard InChI is InChI=1S/C14H28N2/c1-4-5-6-10-16(3)12-14(15)9-7-8-13(2)11-14/h4,13H,1,5-12,15H2,2-3H3. The maximum absolute atomic E-state index is 6.49. The fourth-order valence-electron chi connectivity index (χ4n) is 2.97. The highest BCUT2D eigenvalue weighted by atomic mass is 15.1. The van der Waals surface area contributed by atoms with Gasteiger partial charge in [0, 0.05) is 12.1 Å². The Hall–Kier alpha value is -0.340. The molecule has 94 valence electrons. The van der Waals surface area contributed by atoms with Crippen molar-refractivity contribution in [2.24, 2.45) is 11.7 Å². The highest BCUT2D eigenvalue weighted by Gasteiger charge is 2.31. The predicted octanol–water partition coefficient (Wildman–Crippen LogP) is 2.79. The molecule has 2 N–H and O–H groups in total. The molecule has 0 radical (unpaired) electrons. The van der Waals surface area contributed by atoms with Crippen LogP contribution < -0.4 is 5.73 Å². The van der Waals surface area contributed by atoms with Gasteiger partial charge in [-0.05, 0) is 45.2 Å². The van der Waals surface area contributed by atoms with Crippen LogP contribution in [-0.4, -0.2) is 30.6 Å². The summed E-state index contributed by atoms with van der Waals surface area (Å²) in [4.78, 5) is 2.39. The lowest BCUT2D eigenvalue weighted by Crippen LogP contribution is -2.52. The van der Waals surface area contributed by atoms with Crippen molar-refractivity contribution in [1.29, 1.82) is 0 Å². The van der Waals surface area contributed by atoms with Gasteiger partial charge in [-0.2, -0.15) is 0 Å². The molecule has 0 heterocycles. The Bertz CT molecular complexity index is 215. The monoisotopic (exact) mass is 224 g/mol. The van der Waals surface area contributed by atoms with Crippen LogP contribution >= 0.6 is 0 Å². The Morgan fingerprint density at radius 1 is 1.56 bits per heavy atom. The zero-order valence-corrected chi connectivity index (χ0v) is 11.0. The number of nitrogens with two attached hydrogens (primary N) is 1. The summed E-state index contributed by atoms with van der Waals surface area (Å²) in [5.41, 5.74) is 6.56. The molecule has 2 nitrogen and oxygen atoms in total. The largest absolute Gasteiger partial charge is 0.324 e. The van der Waals surface area contributed by atoms with Crippen LogP contribution in [0, 0.1) is 5.92 Å². The summed E-state index contributed by atoms with van der Waals surface area (Å²) in [5.74, 6) is 0.806. The van der Waals surface area contributed by atoms with E-state index in [2.05, 4.69) is 25.5 Å². The van der Waals surface area contributed by atoms with E-state index in [1.807, 2.05) is 6.08 Å². The minimum atomic E-state index is 0.0700. The minimum Gasteiger partial charge on any atom is -0.324 e. The second kappa shape index (κ2) is 6.41. The normalized spacial score (nSPS) is 30.6. The van der Waals surface area contributed by atoms with Crippen LogP contribution in [0.5, 0.6) is 0 Å². The molecule has 2 unspecified atom stereocenters. The van der Waals surface area contributed by atoms with Crippen molar-refractivity contribution in [2.45, 2.75) is 51.0 Å². The van der Waals surface area contributed by atoms with Gasteiger partial charge in [0.25, 0.3) is 0 Å². The summed E-state index contributed by atoms with van der Waals surface area (Å²) < 4.78 is 0. The lowest BCUT2D eigenvalue weighted by Gasteiger charge is -2.39. The number of unbranched alkanes of at least 4 members (excludes halogenated alkanes) is 1. The Morgan fingerprint density at radius 3 is 2.94 bits per heavy atom. The van der Waals surface area contributed by atoms with E-state index in [1.54, 1.807) is 0 Å². The Balaban J connectivity index is 2.30. The molecule has 1 rings (SSSR count). The van der Waals surface area contributed by atoms with E-state index in [1.165, 1.54) is 32.1 Å². The molecular weight excluding hydrogens is 196 g/mol. The van der Waals surface area contributed by atoms with Gasteiger partial charge in [0.2, 0.25) is 0 Å². The molecule has 1 fully saturated rings. The smallest absolute Gasteiger partial charge is 0.0285 e. The molecule has 1 aliphatic rings. The van der Waals surface area contributed by atoms with E-state index in [-0.39, 0.29) is 5.54 Å². The van der Waals surface area contributed by atoms with Crippen molar-refractivity contribution in [2.75, 3.05) is 20.1 Å². The SMILES string of the molecule is C=CCCCN(C)CC1(N)CCCC(C)C1. The van der Waals surface area contributed by atoms with Crippen LogP contribution in [0.3, 0.4) is 0 Å². The molecule has 0 aromatic heterocycles. The molecule has 2 heteroatoms. The summed E-state index contributed by atoms with van der Waals surface area (Å²) in [6, 6.07) is 0. The van der Waals surface area contributed by atoms with Crippen LogP contribution in [0.25, 0.3) is 0 Å². The molecule has 0 amide bonds. The van der Waals surface area contributed by atoms with E-state index in [0.717, 1.165) is 25.4 Å². The highest BCUT2D eigenvalue weighted by molar-refractivity contribution is 4.91. The van der Waals surface area contributed by atoms with Crippen molar-refractivity contribution in [3.63, 3.8) is 0 Å². The van der Waals surface area contributed by atoms with E-state index in [9.17, 15) is 0 Å². The number of nitrogens with zero attached hydrogens (tertiary/aromatic N) is 1. The van der Waals surface area contributed by atoms with Crippen molar-refractivity contribution < 1.29 is 0 Å². The lowest BCUT2D eigenvalue weighted by atomic mass is 9.77. The Labute approximate surface area is 101 Å². The van der Waals surface area contributed by atoms with Crippen molar-refractivity contribution >= 4 is 0 Å². The first kappa shape index (κ1) is 13.7. The van der Waals surface area contributed by atoms with Gasteiger partial charge in [-0.25, -0.2) is 0 Å². The third-order valence-corrected chi connectivity index (χ3v) is 3.66. The number of hydrogen-bond donors (Lipinski definition) is 1. The molecular formula is C14H28N2. The zero-order chi connectivity index (χ0) is 12.0. The van der Waals surface area contributed by atoms with Crippen LogP contribution in [0.2, 0.25) is 0 Å². The van der Waals surface area contributed by atoms with Crippen LogP contribution in [-0.2, 0) is 0 Å². The molecule has 0 aliphatic heterocycles. The average Bonchev–Trinajstić information content (AvgIpc) is 2.16. The van der Waals surface area contributed by atoms with Crippen molar-refractivity contribution in [1.82, 2.24) is 4.90 Å². The van der Waals surface area contributed by atoms with E-state index >= 15 is 0 Å². The third kappa shape index (κ3) is 4.67. The predicted molar refractivity (Wildman–Crippen MR) is 71.5 cm³/mol. The lowest BCUT2D eigenvalue weighted by molar-refractivity contribution is 0.168. The number of rotatable bonds is 6. The van der Waals surface area contributed by atoms with Gasteiger partial charge in [-0.1, -0.05) is 25.8 Å². The summed E-state index contributed by atoms with van der Waals surface area (Å²) >= 11 is 0. The maximum Gasteiger partial charge on any atom is 0.0285 e. The maximum atomic E-state index is 6.49. The van der Waals surface area contributed by atoms with Gasteiger partial charge in [0.15, 0.2) is 0 Å². The molecule has 1 saturated carbocycles. The van der Waals surface area contributed by atoms with Gasteiger partial charge in [0.1, 0.15) is 0 Å². The van der Waals surface area contributed by atoms with Gasteiger partial charge >= 0.3 is 0 Å². The summed E-state index contributed by atoms with van der Waals surface area (Å²) in [6.45, 7) is 8.27. The van der Waals surface area contributed by atoms with Gasteiger partial charge in [0.05, 0.1) is 0 Å². The molecule has 1 aliphatic carbocycles. The summed E-state index contributed by atoms with van der Waals surface area (Å²) in [6.07, 6.45) is 9.36. The third-order valence-electron chi connectivity index (χ3n) is 3.66. The molecule has 0 saturated heterocycles. The zero-order valence-electron chi connectivity index (χ0n) is 11.0. The Morgan fingerprint density at radius 2 is 2.31 bits per heavy atom. The van der Waals surface area contributed by atoms with Crippen LogP contribution in [0.4, 0.5) is 0 Å². The fourth-order valence-corrected chi connectivity index (χ4v) is 2.97. The molecule has 0 spiro atoms. The second-order valence-corrected chi connectivity index (χ2v) is 5.73. The quantitative estimate of drug-likeness (QED) is 0.555. The molecule has 0 bridgehead atoms. The van der Waals surface area contributed by atoms with Gasteiger partial charge < -0.3 is 10.6 Å². The topological polar surface area (TPSA) is 29.3 Å². The van der Waals surface area contributed by atoms with E-state index in [4.69, 9.17) is 5.73 Å². The highest BCUT2D eigenvalue weighted by Crippen LogP contribution is 2.30. The fraction of sp³-hybridized carbons (Fsp3) is 0.857. The van der Waals surface area contributed by atoms with Gasteiger partial charge in [-0.15, -0.1) is 6.58 Å². The minimum absolute atomic E-state index is 0.0700. The summed E-state index contributed by atoms with van der Waals surface area (Å²) in [5, 5.41) is 0. The first-order chi connectivity index (χ1) is 7.56. The molecule has 0 aromatic rings. The van der Waals surface area contributed by atoms with E-state index < -0.39 is 0 Å². The van der Waals surface area contributed by atoms with E-state index in [0.29, 0.717) is 0 Å². The number of allylic oxidation sites excluding steroid dienone is 1. The second-order valence-electron chi connectivity index (χ2n) is 5.73. The van der Waals surface area contributed by atoms with Gasteiger partial charge in [-0.3, -0.25) is 0 Å².